The number of benzene rings is 2. The summed E-state index contributed by atoms with van der Waals surface area (Å²) in [5, 5.41) is 6.18. The van der Waals surface area contributed by atoms with Crippen molar-refractivity contribution in [2.75, 3.05) is 24.3 Å². The van der Waals surface area contributed by atoms with Crippen molar-refractivity contribution in [1.82, 2.24) is 5.32 Å². The molecule has 0 aromatic heterocycles. The first-order chi connectivity index (χ1) is 15.6. The predicted octanol–water partition coefficient (Wildman–Crippen LogP) is 5.13. The van der Waals surface area contributed by atoms with E-state index in [1.165, 1.54) is 12.1 Å². The van der Waals surface area contributed by atoms with E-state index in [0.29, 0.717) is 29.0 Å². The number of amides is 1. The average Bonchev–Trinajstić information content (AvgIpc) is 2.71. The molecule has 2 aromatic carbocycles. The molecule has 0 bridgehead atoms. The number of halogens is 1. The van der Waals surface area contributed by atoms with E-state index in [2.05, 4.69) is 24.5 Å². The summed E-state index contributed by atoms with van der Waals surface area (Å²) in [5.41, 5.74) is 4.86. The number of ketones is 1. The van der Waals surface area contributed by atoms with Gasteiger partial charge in [0.15, 0.2) is 5.78 Å². The minimum atomic E-state index is -0.491. The van der Waals surface area contributed by atoms with Gasteiger partial charge in [-0.1, -0.05) is 32.0 Å². The molecular formula is C27H30FN3O2. The molecule has 2 aromatic rings. The molecule has 1 aliphatic carbocycles. The summed E-state index contributed by atoms with van der Waals surface area (Å²) in [6.45, 7) is 6.03. The van der Waals surface area contributed by atoms with E-state index in [9.17, 15) is 14.0 Å². The van der Waals surface area contributed by atoms with Gasteiger partial charge in [-0.2, -0.15) is 0 Å². The highest BCUT2D eigenvalue weighted by molar-refractivity contribution is 6.10. The second-order valence-electron chi connectivity index (χ2n) is 9.88. The molecule has 0 radical (unpaired) electrons. The molecule has 5 nitrogen and oxygen atoms in total. The third-order valence-corrected chi connectivity index (χ3v) is 6.31. The maximum atomic E-state index is 13.7. The molecule has 2 N–H and O–H groups in total. The highest BCUT2D eigenvalue weighted by Crippen LogP contribution is 2.46. The third kappa shape index (κ3) is 4.56. The smallest absolute Gasteiger partial charge is 0.254 e. The summed E-state index contributed by atoms with van der Waals surface area (Å²) in [7, 11) is 3.93. The van der Waals surface area contributed by atoms with Crippen molar-refractivity contribution >= 4 is 23.1 Å². The van der Waals surface area contributed by atoms with Crippen LogP contribution in [-0.2, 0) is 9.59 Å². The number of allylic oxidation sites excluding steroid dienone is 3. The van der Waals surface area contributed by atoms with Crippen LogP contribution in [0.25, 0.3) is 0 Å². The molecule has 1 aliphatic heterocycles. The molecule has 0 fully saturated rings. The number of rotatable bonds is 4. The monoisotopic (exact) mass is 447 g/mol. The van der Waals surface area contributed by atoms with Crippen molar-refractivity contribution in [1.29, 1.82) is 0 Å². The minimum absolute atomic E-state index is 0.0546. The Morgan fingerprint density at radius 3 is 2.45 bits per heavy atom. The van der Waals surface area contributed by atoms with Crippen LogP contribution in [0.4, 0.5) is 15.8 Å². The summed E-state index contributed by atoms with van der Waals surface area (Å²) in [4.78, 5) is 28.9. The summed E-state index contributed by atoms with van der Waals surface area (Å²) in [6, 6.07) is 13.7. The Bertz CT molecular complexity index is 1180. The second-order valence-corrected chi connectivity index (χ2v) is 9.88. The summed E-state index contributed by atoms with van der Waals surface area (Å²) < 4.78 is 13.7. The van der Waals surface area contributed by atoms with E-state index in [4.69, 9.17) is 0 Å². The Labute approximate surface area is 194 Å². The maximum Gasteiger partial charge on any atom is 0.254 e. The normalized spacial score (nSPS) is 19.7. The lowest BCUT2D eigenvalue weighted by Crippen LogP contribution is -2.39. The lowest BCUT2D eigenvalue weighted by molar-refractivity contribution is -0.118. The highest BCUT2D eigenvalue weighted by atomic mass is 19.1. The van der Waals surface area contributed by atoms with E-state index in [-0.39, 0.29) is 17.1 Å². The Hall–Kier alpha value is -3.41. The van der Waals surface area contributed by atoms with Gasteiger partial charge in [-0.25, -0.2) is 4.39 Å². The van der Waals surface area contributed by atoms with Crippen LogP contribution in [0, 0.1) is 11.2 Å². The van der Waals surface area contributed by atoms with Gasteiger partial charge >= 0.3 is 0 Å². The van der Waals surface area contributed by atoms with Crippen LogP contribution in [0.1, 0.15) is 45.1 Å². The molecule has 172 valence electrons. The van der Waals surface area contributed by atoms with Crippen LogP contribution < -0.4 is 15.5 Å². The lowest BCUT2D eigenvalue weighted by atomic mass is 9.68. The van der Waals surface area contributed by atoms with Gasteiger partial charge in [0.25, 0.3) is 5.91 Å². The molecule has 0 spiro atoms. The molecule has 1 atom stereocenters. The number of carbonyl (C=O) groups excluding carboxylic acids is 2. The Morgan fingerprint density at radius 2 is 1.82 bits per heavy atom. The van der Waals surface area contributed by atoms with Crippen LogP contribution in [0.2, 0.25) is 0 Å². The van der Waals surface area contributed by atoms with Crippen LogP contribution in [0.3, 0.4) is 0 Å². The summed E-state index contributed by atoms with van der Waals surface area (Å²) >= 11 is 0. The Kier molecular flexibility index (Phi) is 5.87. The fourth-order valence-electron chi connectivity index (χ4n) is 4.80. The predicted molar refractivity (Wildman–Crippen MR) is 129 cm³/mol. The quantitative estimate of drug-likeness (QED) is 0.682. The van der Waals surface area contributed by atoms with Crippen molar-refractivity contribution in [2.24, 2.45) is 5.41 Å². The average molecular weight is 448 g/mol. The number of dihydropyridines is 1. The lowest BCUT2D eigenvalue weighted by Gasteiger charge is -2.39. The van der Waals surface area contributed by atoms with Gasteiger partial charge in [0.2, 0.25) is 0 Å². The molecule has 6 heteroatoms. The van der Waals surface area contributed by atoms with E-state index in [1.54, 1.807) is 12.1 Å². The molecule has 0 unspecified atom stereocenters. The number of nitrogens with zero attached hydrogens (tertiary/aromatic N) is 1. The molecule has 2 aliphatic rings. The van der Waals surface area contributed by atoms with E-state index in [0.717, 1.165) is 23.4 Å². The van der Waals surface area contributed by atoms with Crippen molar-refractivity contribution in [3.63, 3.8) is 0 Å². The first-order valence-corrected chi connectivity index (χ1v) is 11.1. The van der Waals surface area contributed by atoms with Crippen LogP contribution in [0.5, 0.6) is 0 Å². The van der Waals surface area contributed by atoms with E-state index in [1.807, 2.05) is 50.2 Å². The second kappa shape index (κ2) is 8.50. The van der Waals surface area contributed by atoms with Gasteiger partial charge in [0.1, 0.15) is 5.82 Å². The van der Waals surface area contributed by atoms with Gasteiger partial charge in [0, 0.05) is 60.3 Å². The Morgan fingerprint density at radius 1 is 1.12 bits per heavy atom. The topological polar surface area (TPSA) is 61.4 Å². The Balaban J connectivity index is 1.80. The first kappa shape index (κ1) is 22.8. The van der Waals surface area contributed by atoms with Crippen molar-refractivity contribution in [2.45, 2.75) is 39.5 Å². The van der Waals surface area contributed by atoms with Gasteiger partial charge < -0.3 is 15.5 Å². The van der Waals surface area contributed by atoms with Gasteiger partial charge in [-0.3, -0.25) is 9.59 Å². The van der Waals surface area contributed by atoms with E-state index >= 15 is 0 Å². The fraction of sp³-hybridized carbons (Fsp3) is 0.333. The van der Waals surface area contributed by atoms with Crippen LogP contribution in [0.15, 0.2) is 71.1 Å². The van der Waals surface area contributed by atoms with E-state index < -0.39 is 11.7 Å². The summed E-state index contributed by atoms with van der Waals surface area (Å²) in [5.74, 6) is -1.21. The molecule has 1 heterocycles. The third-order valence-electron chi connectivity index (χ3n) is 6.31. The van der Waals surface area contributed by atoms with Gasteiger partial charge in [-0.15, -0.1) is 0 Å². The van der Waals surface area contributed by atoms with Crippen LogP contribution in [-0.4, -0.2) is 25.8 Å². The zero-order chi connectivity index (χ0) is 23.9. The fourth-order valence-corrected chi connectivity index (χ4v) is 4.80. The molecule has 0 saturated carbocycles. The largest absolute Gasteiger partial charge is 0.378 e. The zero-order valence-corrected chi connectivity index (χ0v) is 19.8. The standard InChI is InChI=1S/C27H30FN3O2/c1-16-23(26(33)30-19-8-6-7-18(28)13-19)24(17-9-11-20(12-10-17)31(4)5)25-21(29-16)14-27(2,3)15-22(25)32/h6-13,24,29H,14-15H2,1-5H3,(H,30,33)/t24-/m0/s1. The number of nitrogens with one attached hydrogen (secondary N) is 2. The molecular weight excluding hydrogens is 417 g/mol. The molecule has 33 heavy (non-hydrogen) atoms. The number of hydrogen-bond donors (Lipinski definition) is 2. The zero-order valence-electron chi connectivity index (χ0n) is 19.8. The number of Topliss-reactive ketones (excluding diaryl/α,β-unsaturated/α-hetero) is 1. The van der Waals surface area contributed by atoms with Gasteiger partial charge in [-0.05, 0) is 54.7 Å². The molecule has 1 amide bonds. The van der Waals surface area contributed by atoms with Crippen molar-refractivity contribution in [3.8, 4) is 0 Å². The van der Waals surface area contributed by atoms with Crippen molar-refractivity contribution in [3.05, 3.63) is 82.5 Å². The van der Waals surface area contributed by atoms with Crippen molar-refractivity contribution < 1.29 is 14.0 Å². The SMILES string of the molecule is CC1=C(C(=O)Nc2cccc(F)c2)[C@H](c2ccc(N(C)C)cc2)C2=C(CC(C)(C)CC2=O)N1. The first-order valence-electron chi connectivity index (χ1n) is 11.1. The summed E-state index contributed by atoms with van der Waals surface area (Å²) in [6.07, 6.45) is 1.16. The number of carbonyl (C=O) groups is 2. The maximum absolute atomic E-state index is 13.7. The highest BCUT2D eigenvalue weighted by Gasteiger charge is 2.42. The molecule has 4 rings (SSSR count). The van der Waals surface area contributed by atoms with Crippen LogP contribution >= 0.6 is 0 Å². The van der Waals surface area contributed by atoms with Gasteiger partial charge in [0.05, 0.1) is 0 Å². The number of hydrogen-bond acceptors (Lipinski definition) is 4. The molecule has 0 saturated heterocycles. The number of anilines is 2. The minimum Gasteiger partial charge on any atom is -0.378 e.